The molecule has 0 spiro atoms. The first-order valence-electron chi connectivity index (χ1n) is 23.7. The summed E-state index contributed by atoms with van der Waals surface area (Å²) in [5.41, 5.74) is 15.6. The maximum atomic E-state index is 6.70. The number of hydrogen-bond acceptors (Lipinski definition) is 6. The van der Waals surface area contributed by atoms with Crippen molar-refractivity contribution in [3.8, 4) is 0 Å². The molecule has 0 amide bonds. The van der Waals surface area contributed by atoms with Crippen LogP contribution in [0.3, 0.4) is 0 Å². The van der Waals surface area contributed by atoms with Crippen LogP contribution < -0.4 is 9.80 Å². The van der Waals surface area contributed by atoms with Crippen molar-refractivity contribution in [2.75, 3.05) is 9.80 Å². The Hall–Kier alpha value is -9.26. The largest absolute Gasteiger partial charge is 0.456 e. The van der Waals surface area contributed by atoms with Gasteiger partial charge in [0.2, 0.25) is 0 Å². The van der Waals surface area contributed by atoms with Crippen LogP contribution in [0.4, 0.5) is 34.1 Å². The van der Waals surface area contributed by atoms with E-state index < -0.39 is 0 Å². The van der Waals surface area contributed by atoms with Gasteiger partial charge in [-0.3, -0.25) is 0 Å². The zero-order chi connectivity index (χ0) is 46.2. The number of hydrogen-bond donors (Lipinski definition) is 0. The molecule has 0 saturated heterocycles. The number of anilines is 6. The minimum atomic E-state index is 0.794. The first kappa shape index (κ1) is 38.8. The van der Waals surface area contributed by atoms with Gasteiger partial charge in [0.1, 0.15) is 44.7 Å². The van der Waals surface area contributed by atoms with Gasteiger partial charge in [-0.1, -0.05) is 84.9 Å². The lowest BCUT2D eigenvalue weighted by Crippen LogP contribution is -2.11. The minimum Gasteiger partial charge on any atom is -0.456 e. The van der Waals surface area contributed by atoms with Gasteiger partial charge < -0.3 is 27.5 Å². The van der Waals surface area contributed by atoms with Gasteiger partial charge in [0.25, 0.3) is 0 Å². The van der Waals surface area contributed by atoms with E-state index in [-0.39, 0.29) is 0 Å². The van der Waals surface area contributed by atoms with E-state index in [9.17, 15) is 0 Å². The molecule has 0 saturated carbocycles. The summed E-state index contributed by atoms with van der Waals surface area (Å²) in [4.78, 5) is 4.68. The Bertz CT molecular complexity index is 4340. The maximum Gasteiger partial charge on any atom is 0.139 e. The molecule has 330 valence electrons. The monoisotopic (exact) mass is 900 g/mol. The molecule has 0 aliphatic rings. The molecule has 15 rings (SSSR count). The second-order valence-corrected chi connectivity index (χ2v) is 18.5. The lowest BCUT2D eigenvalue weighted by Gasteiger charge is -2.27. The van der Waals surface area contributed by atoms with Gasteiger partial charge in [0.05, 0.1) is 0 Å². The number of rotatable bonds is 6. The Morgan fingerprint density at radius 1 is 0.257 bits per heavy atom. The summed E-state index contributed by atoms with van der Waals surface area (Å²) in [5, 5.41) is 13.2. The van der Waals surface area contributed by atoms with E-state index in [0.29, 0.717) is 0 Å². The lowest BCUT2D eigenvalue weighted by molar-refractivity contribution is 0.656. The van der Waals surface area contributed by atoms with Crippen LogP contribution in [0.2, 0.25) is 0 Å². The molecular formula is C64H40N2O4. The van der Waals surface area contributed by atoms with Gasteiger partial charge in [-0.05, 0) is 162 Å². The van der Waals surface area contributed by atoms with Crippen LogP contribution in [-0.4, -0.2) is 0 Å². The molecule has 0 N–H and O–H groups in total. The molecule has 4 heterocycles. The standard InChI is InChI=1S/C64H40N2O4/c1-37-53(25-27-57-63(37)47-17-9-11-19-55(47)67-57)65(43-13-5-3-6-14-43)45-23-21-39-31-49-51-35-52-50-32-40-22-24-46(30-42(40)34-60(50)70-62(52)36-61(51)69-59(49)33-41(39)29-45)66(44-15-7-4-8-16-44)54-26-28-58-64(38(54)2)48-18-10-12-20-56(48)68-58/h3-36H,1-2H3. The van der Waals surface area contributed by atoms with Crippen molar-refractivity contribution >= 4 is 143 Å². The zero-order valence-electron chi connectivity index (χ0n) is 38.2. The zero-order valence-corrected chi connectivity index (χ0v) is 38.2. The third-order valence-electron chi connectivity index (χ3n) is 14.5. The molecule has 70 heavy (non-hydrogen) atoms. The molecule has 0 aliphatic heterocycles. The Labute approximate surface area is 400 Å². The number of benzene rings is 11. The van der Waals surface area contributed by atoms with Gasteiger partial charge in [0, 0.05) is 83.3 Å². The molecule has 4 aromatic heterocycles. The summed E-state index contributed by atoms with van der Waals surface area (Å²) >= 11 is 0. The van der Waals surface area contributed by atoms with Crippen molar-refractivity contribution in [3.05, 3.63) is 217 Å². The van der Waals surface area contributed by atoms with Crippen molar-refractivity contribution in [1.82, 2.24) is 0 Å². The smallest absolute Gasteiger partial charge is 0.139 e. The molecule has 0 unspecified atom stereocenters. The van der Waals surface area contributed by atoms with Crippen molar-refractivity contribution < 1.29 is 17.7 Å². The summed E-state index contributed by atoms with van der Waals surface area (Å²) in [7, 11) is 0. The van der Waals surface area contributed by atoms with Gasteiger partial charge >= 0.3 is 0 Å². The van der Waals surface area contributed by atoms with Crippen LogP contribution >= 0.6 is 0 Å². The summed E-state index contributed by atoms with van der Waals surface area (Å²) in [6, 6.07) is 72.8. The van der Waals surface area contributed by atoms with Crippen LogP contribution in [0.15, 0.2) is 224 Å². The van der Waals surface area contributed by atoms with Crippen LogP contribution in [0, 0.1) is 13.8 Å². The van der Waals surface area contributed by atoms with Crippen LogP contribution in [-0.2, 0) is 0 Å². The Kier molecular flexibility index (Phi) is 8.10. The third kappa shape index (κ3) is 5.74. The van der Waals surface area contributed by atoms with E-state index >= 15 is 0 Å². The fourth-order valence-corrected chi connectivity index (χ4v) is 11.2. The Morgan fingerprint density at radius 2 is 0.657 bits per heavy atom. The van der Waals surface area contributed by atoms with E-state index in [1.165, 1.54) is 0 Å². The molecule has 0 radical (unpaired) electrons. The number of nitrogens with zero attached hydrogens (tertiary/aromatic N) is 2. The summed E-state index contributed by atoms with van der Waals surface area (Å²) in [6.07, 6.45) is 0. The highest BCUT2D eigenvalue weighted by atomic mass is 16.3. The first-order valence-corrected chi connectivity index (χ1v) is 23.7. The molecule has 0 fully saturated rings. The molecule has 0 aliphatic carbocycles. The van der Waals surface area contributed by atoms with E-state index in [0.717, 1.165) is 155 Å². The van der Waals surface area contributed by atoms with E-state index in [1.807, 2.05) is 24.3 Å². The molecular weight excluding hydrogens is 861 g/mol. The normalized spacial score (nSPS) is 12.1. The summed E-state index contributed by atoms with van der Waals surface area (Å²) in [5.74, 6) is 0. The molecule has 6 heteroatoms. The minimum absolute atomic E-state index is 0.794. The van der Waals surface area contributed by atoms with Gasteiger partial charge in [-0.2, -0.15) is 0 Å². The third-order valence-corrected chi connectivity index (χ3v) is 14.5. The van der Waals surface area contributed by atoms with Crippen LogP contribution in [0.5, 0.6) is 0 Å². The van der Waals surface area contributed by atoms with Crippen LogP contribution in [0.1, 0.15) is 11.1 Å². The fourth-order valence-electron chi connectivity index (χ4n) is 11.2. The van der Waals surface area contributed by atoms with Gasteiger partial charge in [0.15, 0.2) is 0 Å². The Balaban J connectivity index is 0.828. The van der Waals surface area contributed by atoms with Gasteiger partial charge in [-0.25, -0.2) is 0 Å². The molecule has 0 atom stereocenters. The Morgan fingerprint density at radius 3 is 1.13 bits per heavy atom. The number of para-hydroxylation sites is 4. The molecule has 0 bridgehead atoms. The highest BCUT2D eigenvalue weighted by Crippen LogP contribution is 2.46. The number of fused-ring (bicyclic) bond motifs is 14. The SMILES string of the molecule is Cc1c(N(c2ccccc2)c2ccc3cc4c(cc3c2)oc2cc3oc5cc6cc(N(c7ccccc7)c7ccc8oc9ccccc9c8c7C)ccc6cc5c3cc24)ccc2oc3ccccc3c12. The predicted octanol–water partition coefficient (Wildman–Crippen LogP) is 19.1. The average Bonchev–Trinajstić information content (AvgIpc) is 4.16. The average molecular weight is 901 g/mol. The van der Waals surface area contributed by atoms with E-state index in [2.05, 4.69) is 206 Å². The van der Waals surface area contributed by atoms with Gasteiger partial charge in [-0.15, -0.1) is 0 Å². The van der Waals surface area contributed by atoms with Crippen molar-refractivity contribution in [2.24, 2.45) is 0 Å². The number of aryl methyl sites for hydroxylation is 2. The lowest BCUT2D eigenvalue weighted by atomic mass is 10.0. The van der Waals surface area contributed by atoms with E-state index in [4.69, 9.17) is 17.7 Å². The quantitative estimate of drug-likeness (QED) is 0.166. The molecule has 6 nitrogen and oxygen atoms in total. The molecule has 15 aromatic rings. The summed E-state index contributed by atoms with van der Waals surface area (Å²) in [6.45, 7) is 4.39. The number of furan rings is 4. The van der Waals surface area contributed by atoms with Crippen molar-refractivity contribution in [2.45, 2.75) is 13.8 Å². The van der Waals surface area contributed by atoms with E-state index in [1.54, 1.807) is 0 Å². The topological polar surface area (TPSA) is 59.0 Å². The highest BCUT2D eigenvalue weighted by Gasteiger charge is 2.23. The first-order chi connectivity index (χ1) is 34.5. The summed E-state index contributed by atoms with van der Waals surface area (Å²) < 4.78 is 25.9. The highest BCUT2D eigenvalue weighted by molar-refractivity contribution is 6.19. The van der Waals surface area contributed by atoms with Crippen LogP contribution in [0.25, 0.3) is 109 Å². The second kappa shape index (κ2) is 14.6. The van der Waals surface area contributed by atoms with Crippen molar-refractivity contribution in [3.63, 3.8) is 0 Å². The second-order valence-electron chi connectivity index (χ2n) is 18.5. The molecule has 11 aromatic carbocycles. The fraction of sp³-hybridized carbons (Fsp3) is 0.0312. The van der Waals surface area contributed by atoms with Crippen molar-refractivity contribution in [1.29, 1.82) is 0 Å². The predicted molar refractivity (Wildman–Crippen MR) is 289 cm³/mol. The maximum absolute atomic E-state index is 6.70.